The summed E-state index contributed by atoms with van der Waals surface area (Å²) in [5.74, 6) is -3.58. The molecule has 4 rings (SSSR count). The quantitative estimate of drug-likeness (QED) is 0.398. The number of aliphatic hydroxyl groups is 1. The Kier molecular flexibility index (Phi) is 7.02. The molecule has 1 heterocycles. The van der Waals surface area contributed by atoms with E-state index < -0.39 is 42.1 Å². The summed E-state index contributed by atoms with van der Waals surface area (Å²) in [6.07, 6.45) is -2.26. The summed E-state index contributed by atoms with van der Waals surface area (Å²) >= 11 is 0. The molecule has 2 unspecified atom stereocenters. The number of carboxylic acids is 1. The molecule has 3 N–H and O–H groups in total. The van der Waals surface area contributed by atoms with E-state index in [1.165, 1.54) is 6.92 Å². The number of aliphatic carboxylic acids is 1. The maximum atomic E-state index is 13.0. The number of ether oxygens (including phenoxy) is 2. The van der Waals surface area contributed by atoms with Crippen molar-refractivity contribution in [1.82, 2.24) is 10.2 Å². The topological polar surface area (TPSA) is 142 Å². The molecule has 0 radical (unpaired) electrons. The van der Waals surface area contributed by atoms with Crippen LogP contribution in [0.3, 0.4) is 0 Å². The number of carbonyl (C=O) groups excluding carboxylic acids is 3. The Hall–Kier alpha value is -3.92. The zero-order valence-electron chi connectivity index (χ0n) is 19.0. The van der Waals surface area contributed by atoms with E-state index >= 15 is 0 Å². The van der Waals surface area contributed by atoms with Crippen LogP contribution in [0.1, 0.15) is 30.4 Å². The maximum absolute atomic E-state index is 13.0. The number of nitrogens with zero attached hydrogens (tertiary/aromatic N) is 1. The second-order valence-corrected chi connectivity index (χ2v) is 8.39. The number of likely N-dealkylation sites (tertiary alicyclic amines) is 1. The van der Waals surface area contributed by atoms with Gasteiger partial charge in [0, 0.05) is 18.9 Å². The highest BCUT2D eigenvalue weighted by molar-refractivity contribution is 6.05. The molecule has 3 atom stereocenters. The number of carbonyl (C=O) groups is 4. The number of esters is 1. The van der Waals surface area contributed by atoms with Crippen molar-refractivity contribution in [3.05, 3.63) is 59.7 Å². The van der Waals surface area contributed by atoms with Crippen molar-refractivity contribution in [3.8, 4) is 11.1 Å². The molecular formula is C25H26N2O8. The minimum absolute atomic E-state index is 0.0379. The van der Waals surface area contributed by atoms with Crippen molar-refractivity contribution < 1.29 is 38.9 Å². The van der Waals surface area contributed by atoms with Gasteiger partial charge in [-0.05, 0) is 29.2 Å². The lowest BCUT2D eigenvalue weighted by molar-refractivity contribution is -0.156. The predicted octanol–water partition coefficient (Wildman–Crippen LogP) is 1.50. The van der Waals surface area contributed by atoms with E-state index in [4.69, 9.17) is 9.47 Å². The summed E-state index contributed by atoms with van der Waals surface area (Å²) in [4.78, 5) is 50.5. The second kappa shape index (κ2) is 10.1. The number of rotatable bonds is 7. The smallest absolute Gasteiger partial charge is 0.408 e. The maximum Gasteiger partial charge on any atom is 0.408 e. The lowest BCUT2D eigenvalue weighted by Crippen LogP contribution is -2.55. The minimum Gasteiger partial charge on any atom is -0.480 e. The Morgan fingerprint density at radius 3 is 2.20 bits per heavy atom. The number of aliphatic hydroxyl groups excluding tert-OH is 1. The van der Waals surface area contributed by atoms with E-state index in [1.54, 1.807) is 0 Å². The third kappa shape index (κ3) is 4.83. The molecule has 2 aromatic rings. The van der Waals surface area contributed by atoms with Crippen molar-refractivity contribution in [3.63, 3.8) is 0 Å². The van der Waals surface area contributed by atoms with E-state index in [0.717, 1.165) is 27.2 Å². The van der Waals surface area contributed by atoms with Gasteiger partial charge in [0.15, 0.2) is 0 Å². The van der Waals surface area contributed by atoms with Gasteiger partial charge in [0.1, 0.15) is 12.6 Å². The van der Waals surface area contributed by atoms with E-state index in [-0.39, 0.29) is 32.1 Å². The molecule has 0 aromatic heterocycles. The molecule has 10 heteroatoms. The van der Waals surface area contributed by atoms with Crippen molar-refractivity contribution in [1.29, 1.82) is 0 Å². The molecule has 2 aromatic carbocycles. The zero-order chi connectivity index (χ0) is 25.1. The van der Waals surface area contributed by atoms with Gasteiger partial charge in [-0.15, -0.1) is 0 Å². The highest BCUT2D eigenvalue weighted by Gasteiger charge is 2.44. The third-order valence-electron chi connectivity index (χ3n) is 6.22. The summed E-state index contributed by atoms with van der Waals surface area (Å²) < 4.78 is 10.3. The van der Waals surface area contributed by atoms with E-state index in [2.05, 4.69) is 5.32 Å². The fourth-order valence-corrected chi connectivity index (χ4v) is 4.66. The molecule has 35 heavy (non-hydrogen) atoms. The Morgan fingerprint density at radius 2 is 1.63 bits per heavy atom. The molecule has 1 aliphatic heterocycles. The first kappa shape index (κ1) is 24.2. The zero-order valence-corrected chi connectivity index (χ0v) is 19.0. The summed E-state index contributed by atoms with van der Waals surface area (Å²) in [5.41, 5.74) is 4.08. The first-order valence-corrected chi connectivity index (χ1v) is 11.3. The largest absolute Gasteiger partial charge is 0.480 e. The normalized spacial score (nSPS) is 19.4. The SMILES string of the molecule is CCOC(=O)C(NC(=O)OCC1c2ccccc2-c2ccccc21)C(=O)N1CC(O)C[C@H]1C(=O)O. The van der Waals surface area contributed by atoms with E-state index in [1.807, 2.05) is 48.5 Å². The summed E-state index contributed by atoms with van der Waals surface area (Å²) in [6.45, 7) is 1.16. The van der Waals surface area contributed by atoms with Gasteiger partial charge in [0.25, 0.3) is 5.91 Å². The summed E-state index contributed by atoms with van der Waals surface area (Å²) in [5, 5.41) is 21.5. The highest BCUT2D eigenvalue weighted by atomic mass is 16.6. The molecule has 0 bridgehead atoms. The molecule has 0 spiro atoms. The lowest BCUT2D eigenvalue weighted by atomic mass is 9.98. The Bertz CT molecular complexity index is 1100. The van der Waals surface area contributed by atoms with Crippen LogP contribution in [0.5, 0.6) is 0 Å². The Labute approximate surface area is 201 Å². The Morgan fingerprint density at radius 1 is 1.03 bits per heavy atom. The average Bonchev–Trinajstić information content (AvgIpc) is 3.39. The number of β-amino-alcohol motifs (C(OH)–C–C–N with tert-alkyl or cyclic N) is 1. The molecular weight excluding hydrogens is 456 g/mol. The molecule has 1 saturated heterocycles. The first-order chi connectivity index (χ1) is 16.8. The van der Waals surface area contributed by atoms with Crippen molar-refractivity contribution in [2.45, 2.75) is 37.5 Å². The van der Waals surface area contributed by atoms with Crippen LogP contribution < -0.4 is 5.32 Å². The molecule has 1 aliphatic carbocycles. The molecule has 2 aliphatic rings. The van der Waals surface area contributed by atoms with Crippen LogP contribution in [0.4, 0.5) is 4.79 Å². The monoisotopic (exact) mass is 482 g/mol. The molecule has 0 saturated carbocycles. The Balaban J connectivity index is 1.48. The number of alkyl carbamates (subject to hydrolysis) is 1. The lowest BCUT2D eigenvalue weighted by Gasteiger charge is -2.26. The molecule has 1 fully saturated rings. The first-order valence-electron chi connectivity index (χ1n) is 11.3. The van der Waals surface area contributed by atoms with E-state index in [0.29, 0.717) is 0 Å². The number of fused-ring (bicyclic) bond motifs is 3. The van der Waals surface area contributed by atoms with Crippen LogP contribution in [-0.4, -0.2) is 77.0 Å². The van der Waals surface area contributed by atoms with Crippen molar-refractivity contribution >= 4 is 23.9 Å². The number of carboxylic acid groups (broad SMARTS) is 1. The molecule has 2 amide bonds. The standard InChI is InChI=1S/C25H26N2O8/c1-2-34-24(32)21(22(29)27-12-14(28)11-20(27)23(30)31)26-25(33)35-13-19-17-9-5-3-7-15(17)16-8-4-6-10-18(16)19/h3-10,14,19-21,28H,2,11-13H2,1H3,(H,26,33)(H,30,31)/t14?,20-,21?/m0/s1. The number of benzene rings is 2. The van der Waals surface area contributed by atoms with Crippen LogP contribution in [0.25, 0.3) is 11.1 Å². The number of amides is 2. The van der Waals surface area contributed by atoms with Gasteiger partial charge < -0.3 is 24.6 Å². The minimum atomic E-state index is -1.81. The van der Waals surface area contributed by atoms with Crippen LogP contribution in [0, 0.1) is 0 Å². The van der Waals surface area contributed by atoms with Gasteiger partial charge in [0.05, 0.1) is 12.7 Å². The molecule has 10 nitrogen and oxygen atoms in total. The van der Waals surface area contributed by atoms with Gasteiger partial charge >= 0.3 is 18.0 Å². The second-order valence-electron chi connectivity index (χ2n) is 8.39. The number of hydrogen-bond acceptors (Lipinski definition) is 7. The number of nitrogens with one attached hydrogen (secondary N) is 1. The van der Waals surface area contributed by atoms with Gasteiger partial charge in [-0.1, -0.05) is 48.5 Å². The highest BCUT2D eigenvalue weighted by Crippen LogP contribution is 2.44. The van der Waals surface area contributed by atoms with Crippen molar-refractivity contribution in [2.75, 3.05) is 19.8 Å². The van der Waals surface area contributed by atoms with Crippen LogP contribution >= 0.6 is 0 Å². The average molecular weight is 482 g/mol. The summed E-state index contributed by atoms with van der Waals surface area (Å²) in [7, 11) is 0. The van der Waals surface area contributed by atoms with Gasteiger partial charge in [-0.3, -0.25) is 10.1 Å². The van der Waals surface area contributed by atoms with Crippen molar-refractivity contribution in [2.24, 2.45) is 0 Å². The fraction of sp³-hybridized carbons (Fsp3) is 0.360. The third-order valence-corrected chi connectivity index (χ3v) is 6.22. The van der Waals surface area contributed by atoms with Crippen LogP contribution in [0.2, 0.25) is 0 Å². The fourth-order valence-electron chi connectivity index (χ4n) is 4.66. The van der Waals surface area contributed by atoms with Gasteiger partial charge in [0.2, 0.25) is 6.04 Å². The van der Waals surface area contributed by atoms with Gasteiger partial charge in [-0.2, -0.15) is 0 Å². The summed E-state index contributed by atoms with van der Waals surface area (Å²) in [6, 6.07) is 12.4. The predicted molar refractivity (Wildman–Crippen MR) is 122 cm³/mol. The van der Waals surface area contributed by atoms with Crippen LogP contribution in [-0.2, 0) is 23.9 Å². The molecule has 184 valence electrons. The van der Waals surface area contributed by atoms with E-state index in [9.17, 15) is 29.4 Å². The van der Waals surface area contributed by atoms with Crippen LogP contribution in [0.15, 0.2) is 48.5 Å². The van der Waals surface area contributed by atoms with Gasteiger partial charge in [-0.25, -0.2) is 14.4 Å². The number of hydrogen-bond donors (Lipinski definition) is 3.